The molecule has 1 fully saturated rings. The van der Waals surface area contributed by atoms with E-state index in [1.54, 1.807) is 31.5 Å². The van der Waals surface area contributed by atoms with Gasteiger partial charge in [0.25, 0.3) is 11.5 Å². The summed E-state index contributed by atoms with van der Waals surface area (Å²) in [6, 6.07) is 23.7. The van der Waals surface area contributed by atoms with Crippen LogP contribution in [-0.4, -0.2) is 61.2 Å². The van der Waals surface area contributed by atoms with Gasteiger partial charge in [0.05, 0.1) is 12.7 Å². The average Bonchev–Trinajstić information content (AvgIpc) is 2.96. The summed E-state index contributed by atoms with van der Waals surface area (Å²) in [7, 11) is 1.60. The lowest BCUT2D eigenvalue weighted by molar-refractivity contribution is 0.0952. The van der Waals surface area contributed by atoms with Gasteiger partial charge in [-0.3, -0.25) is 19.1 Å². The van der Waals surface area contributed by atoms with Gasteiger partial charge in [0, 0.05) is 60.6 Å². The van der Waals surface area contributed by atoms with Crippen LogP contribution in [0.2, 0.25) is 0 Å². The molecule has 0 aliphatic carbocycles. The summed E-state index contributed by atoms with van der Waals surface area (Å²) in [6.07, 6.45) is 2.51. The van der Waals surface area contributed by atoms with Crippen LogP contribution < -0.4 is 20.5 Å². The number of nitrogens with zero attached hydrogens (tertiary/aromatic N) is 3. The third kappa shape index (κ3) is 5.83. The number of rotatable bonds is 8. The highest BCUT2D eigenvalue weighted by Gasteiger charge is 2.23. The number of nitrogens with one attached hydrogen (secondary N) is 1. The van der Waals surface area contributed by atoms with Crippen molar-refractivity contribution in [2.45, 2.75) is 26.3 Å². The molecular formula is C32H36N4O3. The quantitative estimate of drug-likeness (QED) is 0.340. The molecule has 4 aromatic rings. The Hall–Kier alpha value is -4.10. The summed E-state index contributed by atoms with van der Waals surface area (Å²) < 4.78 is 6.78. The van der Waals surface area contributed by atoms with Gasteiger partial charge in [-0.15, -0.1) is 0 Å². The highest BCUT2D eigenvalue weighted by molar-refractivity contribution is 6.06. The van der Waals surface area contributed by atoms with Gasteiger partial charge in [-0.05, 0) is 74.8 Å². The van der Waals surface area contributed by atoms with Crippen LogP contribution in [0.1, 0.15) is 29.3 Å². The number of hydrogen-bond donors (Lipinski definition) is 1. The maximum Gasteiger partial charge on any atom is 0.262 e. The predicted molar refractivity (Wildman–Crippen MR) is 157 cm³/mol. The van der Waals surface area contributed by atoms with Gasteiger partial charge in [-0.25, -0.2) is 0 Å². The van der Waals surface area contributed by atoms with Gasteiger partial charge < -0.3 is 15.0 Å². The van der Waals surface area contributed by atoms with Crippen molar-refractivity contribution >= 4 is 22.4 Å². The third-order valence-corrected chi connectivity index (χ3v) is 7.50. The molecule has 0 spiro atoms. The number of benzene rings is 3. The fourth-order valence-corrected chi connectivity index (χ4v) is 5.43. The van der Waals surface area contributed by atoms with Crippen LogP contribution in [0.5, 0.6) is 5.75 Å². The first kappa shape index (κ1) is 26.5. The van der Waals surface area contributed by atoms with Crippen LogP contribution in [0.3, 0.4) is 0 Å². The summed E-state index contributed by atoms with van der Waals surface area (Å²) in [5, 5.41) is 4.26. The zero-order valence-electron chi connectivity index (χ0n) is 22.9. The Kier molecular flexibility index (Phi) is 7.98. The minimum atomic E-state index is -0.175. The van der Waals surface area contributed by atoms with Crippen LogP contribution in [0.25, 0.3) is 16.5 Å². The van der Waals surface area contributed by atoms with Crippen LogP contribution in [0, 0.1) is 6.92 Å². The molecule has 0 unspecified atom stereocenters. The Morgan fingerprint density at radius 1 is 0.974 bits per heavy atom. The lowest BCUT2D eigenvalue weighted by atomic mass is 10.1. The third-order valence-electron chi connectivity index (χ3n) is 7.50. The molecule has 202 valence electrons. The Labute approximate surface area is 229 Å². The second-order valence-corrected chi connectivity index (χ2v) is 10.3. The van der Waals surface area contributed by atoms with Gasteiger partial charge in [0.15, 0.2) is 0 Å². The minimum absolute atomic E-state index is 0.161. The predicted octanol–water partition coefficient (Wildman–Crippen LogP) is 4.64. The second-order valence-electron chi connectivity index (χ2n) is 10.3. The van der Waals surface area contributed by atoms with Gasteiger partial charge >= 0.3 is 0 Å². The summed E-state index contributed by atoms with van der Waals surface area (Å²) in [5.74, 6) is 0.530. The first-order valence-corrected chi connectivity index (χ1v) is 13.6. The van der Waals surface area contributed by atoms with E-state index in [9.17, 15) is 9.59 Å². The number of amides is 1. The highest BCUT2D eigenvalue weighted by Crippen LogP contribution is 2.22. The second kappa shape index (κ2) is 11.7. The Bertz CT molecular complexity index is 1510. The number of carbonyl (C=O) groups is 1. The zero-order chi connectivity index (χ0) is 27.4. The van der Waals surface area contributed by atoms with E-state index in [1.807, 2.05) is 30.3 Å². The number of aromatic nitrogens is 1. The van der Waals surface area contributed by atoms with Crippen LogP contribution in [0.15, 0.2) is 83.8 Å². The molecule has 1 saturated heterocycles. The van der Waals surface area contributed by atoms with Crippen LogP contribution >= 0.6 is 0 Å². The molecule has 1 amide bonds. The van der Waals surface area contributed by atoms with E-state index in [4.69, 9.17) is 4.74 Å². The fraction of sp³-hybridized carbons (Fsp3) is 0.312. The van der Waals surface area contributed by atoms with Gasteiger partial charge in [-0.1, -0.05) is 30.3 Å². The standard InChI is InChI=1S/C32H36N4O3/c1-23-8-6-9-26(20-23)35-19-18-34(21-24(35)2)17-7-16-33-31(37)30-22-36(25-12-14-27(39-3)15-13-25)32(38)29-11-5-4-10-28(29)30/h4-6,8-15,20,22,24H,7,16-19,21H2,1-3H3,(H,33,37)/t24-/m1/s1. The minimum Gasteiger partial charge on any atom is -0.497 e. The SMILES string of the molecule is COc1ccc(-n2cc(C(=O)NCCCN3CCN(c4cccc(C)c4)[C@H](C)C3)c3ccccc3c2=O)cc1. The summed E-state index contributed by atoms with van der Waals surface area (Å²) in [5.41, 5.74) is 3.58. The van der Waals surface area contributed by atoms with Crippen molar-refractivity contribution < 1.29 is 9.53 Å². The van der Waals surface area contributed by atoms with E-state index in [0.29, 0.717) is 40.4 Å². The molecule has 1 aromatic heterocycles. The van der Waals surface area contributed by atoms with Gasteiger partial charge in [0.2, 0.25) is 0 Å². The molecule has 1 atom stereocenters. The van der Waals surface area contributed by atoms with Crippen molar-refractivity contribution in [2.75, 3.05) is 44.7 Å². The van der Waals surface area contributed by atoms with E-state index in [2.05, 4.69) is 53.2 Å². The van der Waals surface area contributed by atoms with Crippen molar-refractivity contribution in [2.24, 2.45) is 0 Å². The molecule has 7 nitrogen and oxygen atoms in total. The topological polar surface area (TPSA) is 66.8 Å². The zero-order valence-corrected chi connectivity index (χ0v) is 22.9. The molecule has 2 heterocycles. The number of ether oxygens (including phenoxy) is 1. The summed E-state index contributed by atoms with van der Waals surface area (Å²) in [4.78, 5) is 31.5. The van der Waals surface area contributed by atoms with Crippen molar-refractivity contribution in [1.29, 1.82) is 0 Å². The molecule has 7 heteroatoms. The average molecular weight is 525 g/mol. The first-order chi connectivity index (χ1) is 18.9. The molecule has 0 radical (unpaired) electrons. The number of carbonyl (C=O) groups excluding carboxylic acids is 1. The molecule has 1 N–H and O–H groups in total. The molecule has 0 saturated carbocycles. The van der Waals surface area contributed by atoms with E-state index >= 15 is 0 Å². The number of aryl methyl sites for hydroxylation is 1. The smallest absolute Gasteiger partial charge is 0.262 e. The normalized spacial score (nSPS) is 15.9. The van der Waals surface area contributed by atoms with Gasteiger partial charge in [0.1, 0.15) is 5.75 Å². The van der Waals surface area contributed by atoms with Crippen LogP contribution in [-0.2, 0) is 0 Å². The maximum absolute atomic E-state index is 13.3. The highest BCUT2D eigenvalue weighted by atomic mass is 16.5. The van der Waals surface area contributed by atoms with E-state index in [1.165, 1.54) is 15.8 Å². The number of pyridine rings is 1. The Balaban J connectivity index is 1.22. The molecule has 39 heavy (non-hydrogen) atoms. The van der Waals surface area contributed by atoms with Crippen molar-refractivity contribution in [1.82, 2.24) is 14.8 Å². The molecule has 5 rings (SSSR count). The monoisotopic (exact) mass is 524 g/mol. The summed E-state index contributed by atoms with van der Waals surface area (Å²) >= 11 is 0. The van der Waals surface area contributed by atoms with Gasteiger partial charge in [-0.2, -0.15) is 0 Å². The lowest BCUT2D eigenvalue weighted by Gasteiger charge is -2.41. The number of methoxy groups -OCH3 is 1. The molecule has 1 aliphatic heterocycles. The molecule has 3 aromatic carbocycles. The van der Waals surface area contributed by atoms with E-state index in [0.717, 1.165) is 32.6 Å². The fourth-order valence-electron chi connectivity index (χ4n) is 5.43. The van der Waals surface area contributed by atoms with E-state index < -0.39 is 0 Å². The Morgan fingerprint density at radius 2 is 1.74 bits per heavy atom. The number of piperazine rings is 1. The van der Waals surface area contributed by atoms with Crippen molar-refractivity contribution in [3.8, 4) is 11.4 Å². The largest absolute Gasteiger partial charge is 0.497 e. The number of hydrogen-bond acceptors (Lipinski definition) is 5. The maximum atomic E-state index is 13.3. The van der Waals surface area contributed by atoms with Crippen molar-refractivity contribution in [3.05, 3.63) is 100 Å². The molecular weight excluding hydrogens is 488 g/mol. The lowest BCUT2D eigenvalue weighted by Crippen LogP contribution is -2.52. The number of fused-ring (bicyclic) bond motifs is 1. The van der Waals surface area contributed by atoms with E-state index in [-0.39, 0.29) is 11.5 Å². The van der Waals surface area contributed by atoms with Crippen molar-refractivity contribution in [3.63, 3.8) is 0 Å². The number of anilines is 1. The molecule has 0 bridgehead atoms. The Morgan fingerprint density at radius 3 is 2.46 bits per heavy atom. The van der Waals surface area contributed by atoms with Crippen LogP contribution in [0.4, 0.5) is 5.69 Å². The first-order valence-electron chi connectivity index (χ1n) is 13.6. The molecule has 1 aliphatic rings. The summed E-state index contributed by atoms with van der Waals surface area (Å²) in [6.45, 7) is 8.91.